The maximum atomic E-state index is 12.4. The van der Waals surface area contributed by atoms with Gasteiger partial charge in [-0.1, -0.05) is 17.7 Å². The highest BCUT2D eigenvalue weighted by Gasteiger charge is 2.17. The van der Waals surface area contributed by atoms with E-state index in [4.69, 9.17) is 11.6 Å². The molecule has 9 heteroatoms. The molecule has 136 valence electrons. The van der Waals surface area contributed by atoms with E-state index in [0.717, 1.165) is 0 Å². The van der Waals surface area contributed by atoms with Crippen molar-refractivity contribution in [2.24, 2.45) is 7.05 Å². The van der Waals surface area contributed by atoms with Crippen LogP contribution in [0.1, 0.15) is 11.4 Å². The van der Waals surface area contributed by atoms with Gasteiger partial charge in [-0.05, 0) is 43.3 Å². The van der Waals surface area contributed by atoms with Crippen molar-refractivity contribution in [1.82, 2.24) is 19.1 Å². The minimum Gasteiger partial charge on any atom is -0.284 e. The average molecular weight is 393 g/mol. The Morgan fingerprint density at radius 2 is 1.85 bits per heavy atom. The van der Waals surface area contributed by atoms with Crippen molar-refractivity contribution in [2.45, 2.75) is 18.4 Å². The fourth-order valence-corrected chi connectivity index (χ4v) is 3.69. The lowest BCUT2D eigenvalue weighted by molar-refractivity contribution is 0.580. The molecule has 0 aliphatic heterocycles. The van der Waals surface area contributed by atoms with E-state index in [0.29, 0.717) is 17.1 Å². The summed E-state index contributed by atoms with van der Waals surface area (Å²) >= 11 is 5.99. The van der Waals surface area contributed by atoms with Gasteiger partial charge in [-0.3, -0.25) is 14.5 Å². The third-order valence-corrected chi connectivity index (χ3v) is 5.90. The molecule has 0 saturated heterocycles. The summed E-state index contributed by atoms with van der Waals surface area (Å²) in [6, 6.07) is 11.3. The molecule has 26 heavy (non-hydrogen) atoms. The van der Waals surface area contributed by atoms with Gasteiger partial charge in [0.05, 0.1) is 28.5 Å². The number of hydrogen-bond acceptors (Lipinski definition) is 4. The predicted octanol–water partition coefficient (Wildman–Crippen LogP) is 2.01. The van der Waals surface area contributed by atoms with Crippen LogP contribution < -0.4 is 10.3 Å². The molecule has 0 saturated carbocycles. The molecule has 0 aliphatic rings. The zero-order valence-corrected chi connectivity index (χ0v) is 15.8. The molecule has 0 spiro atoms. The van der Waals surface area contributed by atoms with Gasteiger partial charge in [0.2, 0.25) is 10.0 Å². The van der Waals surface area contributed by atoms with Crippen LogP contribution in [0, 0.1) is 6.92 Å². The van der Waals surface area contributed by atoms with E-state index in [1.807, 2.05) is 0 Å². The Bertz CT molecular complexity index is 1090. The number of rotatable bonds is 5. The Kier molecular flexibility index (Phi) is 4.99. The van der Waals surface area contributed by atoms with Crippen LogP contribution in [0.2, 0.25) is 5.02 Å². The van der Waals surface area contributed by atoms with Gasteiger partial charge in [0.15, 0.2) is 0 Å². The monoisotopic (exact) mass is 392 g/mol. The second kappa shape index (κ2) is 7.06. The van der Waals surface area contributed by atoms with Crippen molar-refractivity contribution in [1.29, 1.82) is 0 Å². The number of hydrogen-bond donors (Lipinski definition) is 1. The minimum atomic E-state index is -3.69. The van der Waals surface area contributed by atoms with Crippen LogP contribution in [-0.2, 0) is 23.6 Å². The largest absolute Gasteiger partial charge is 0.290 e. The molecule has 0 unspecified atom stereocenters. The van der Waals surface area contributed by atoms with Gasteiger partial charge < -0.3 is 0 Å². The highest BCUT2D eigenvalue weighted by atomic mass is 35.5. The summed E-state index contributed by atoms with van der Waals surface area (Å²) in [6.07, 6.45) is 1.60. The molecule has 1 N–H and O–H groups in total. The van der Waals surface area contributed by atoms with E-state index < -0.39 is 10.0 Å². The van der Waals surface area contributed by atoms with Crippen LogP contribution in [0.5, 0.6) is 0 Å². The molecule has 2 aromatic heterocycles. The normalized spacial score (nSPS) is 11.7. The maximum absolute atomic E-state index is 12.4. The zero-order valence-electron chi connectivity index (χ0n) is 14.2. The molecule has 1 aromatic carbocycles. The lowest BCUT2D eigenvalue weighted by Gasteiger charge is -2.10. The molecule has 0 amide bonds. The van der Waals surface area contributed by atoms with Crippen LogP contribution in [0.3, 0.4) is 0 Å². The first kappa shape index (κ1) is 18.4. The summed E-state index contributed by atoms with van der Waals surface area (Å²) in [5, 5.41) is 0.140. The number of sulfonamides is 1. The molecule has 0 atom stereocenters. The van der Waals surface area contributed by atoms with E-state index in [1.54, 1.807) is 55.2 Å². The average Bonchev–Trinajstić information content (AvgIpc) is 2.84. The van der Waals surface area contributed by atoms with Gasteiger partial charge in [0.25, 0.3) is 5.56 Å². The van der Waals surface area contributed by atoms with Gasteiger partial charge in [0, 0.05) is 13.2 Å². The Balaban J connectivity index is 1.85. The van der Waals surface area contributed by atoms with Crippen LogP contribution in [0.25, 0.3) is 5.69 Å². The molecular formula is C17H17ClN4O3S. The summed E-state index contributed by atoms with van der Waals surface area (Å²) in [5.41, 5.74) is 1.42. The summed E-state index contributed by atoms with van der Waals surface area (Å²) in [7, 11) is -1.98. The second-order valence-electron chi connectivity index (χ2n) is 5.68. The van der Waals surface area contributed by atoms with Crippen molar-refractivity contribution in [3.8, 4) is 5.69 Å². The Morgan fingerprint density at radius 3 is 2.38 bits per heavy atom. The quantitative estimate of drug-likeness (QED) is 0.719. The van der Waals surface area contributed by atoms with Crippen LogP contribution in [0.15, 0.2) is 58.4 Å². The summed E-state index contributed by atoms with van der Waals surface area (Å²) < 4.78 is 30.3. The van der Waals surface area contributed by atoms with E-state index >= 15 is 0 Å². The third-order valence-electron chi connectivity index (χ3n) is 4.04. The van der Waals surface area contributed by atoms with Crippen molar-refractivity contribution < 1.29 is 8.42 Å². The predicted molar refractivity (Wildman–Crippen MR) is 99.0 cm³/mol. The second-order valence-corrected chi connectivity index (χ2v) is 7.82. The highest BCUT2D eigenvalue weighted by Crippen LogP contribution is 2.16. The molecule has 3 rings (SSSR count). The van der Waals surface area contributed by atoms with E-state index in [1.165, 1.54) is 16.8 Å². The van der Waals surface area contributed by atoms with Crippen molar-refractivity contribution in [2.75, 3.05) is 0 Å². The molecule has 0 fully saturated rings. The first-order chi connectivity index (χ1) is 12.3. The summed E-state index contributed by atoms with van der Waals surface area (Å²) in [6.45, 7) is 1.83. The van der Waals surface area contributed by atoms with Crippen LogP contribution >= 0.6 is 11.6 Å². The lowest BCUT2D eigenvalue weighted by Crippen LogP contribution is -2.24. The smallest absolute Gasteiger partial charge is 0.284 e. The SMILES string of the molecule is Cc1c(Cl)c(=O)n(-c2ccc(S(=O)(=O)NCc3ccccn3)cc2)n1C. The standard InChI is InChI=1S/C17H17ClN4O3S/c1-12-16(18)17(23)22(21(12)2)14-6-8-15(9-7-14)26(24,25)20-11-13-5-3-4-10-19-13/h3-10,20H,11H2,1-2H3. The Labute approximate surface area is 155 Å². The molecule has 0 radical (unpaired) electrons. The summed E-state index contributed by atoms with van der Waals surface area (Å²) in [4.78, 5) is 16.4. The highest BCUT2D eigenvalue weighted by molar-refractivity contribution is 7.89. The number of benzene rings is 1. The fraction of sp³-hybridized carbons (Fsp3) is 0.176. The third kappa shape index (κ3) is 3.44. The number of nitrogens with one attached hydrogen (secondary N) is 1. The summed E-state index contributed by atoms with van der Waals surface area (Å²) in [5.74, 6) is 0. The lowest BCUT2D eigenvalue weighted by atomic mass is 10.3. The van der Waals surface area contributed by atoms with E-state index in [2.05, 4.69) is 9.71 Å². The van der Waals surface area contributed by atoms with Gasteiger partial charge in [-0.25, -0.2) is 17.8 Å². The fourth-order valence-electron chi connectivity index (χ4n) is 2.49. The van der Waals surface area contributed by atoms with E-state index in [-0.39, 0.29) is 22.0 Å². The topological polar surface area (TPSA) is 86.0 Å². The van der Waals surface area contributed by atoms with Crippen molar-refractivity contribution in [3.05, 3.63) is 75.4 Å². The molecular weight excluding hydrogens is 376 g/mol. The molecule has 2 heterocycles. The maximum Gasteiger partial charge on any atom is 0.290 e. The number of nitrogens with zero attached hydrogens (tertiary/aromatic N) is 3. The zero-order chi connectivity index (χ0) is 18.9. The van der Waals surface area contributed by atoms with E-state index in [9.17, 15) is 13.2 Å². The van der Waals surface area contributed by atoms with Crippen molar-refractivity contribution >= 4 is 21.6 Å². The van der Waals surface area contributed by atoms with Gasteiger partial charge in [-0.2, -0.15) is 0 Å². The molecule has 7 nitrogen and oxygen atoms in total. The van der Waals surface area contributed by atoms with Crippen molar-refractivity contribution in [3.63, 3.8) is 0 Å². The van der Waals surface area contributed by atoms with Gasteiger partial charge >= 0.3 is 0 Å². The number of halogens is 1. The van der Waals surface area contributed by atoms with Crippen LogP contribution in [-0.4, -0.2) is 22.8 Å². The van der Waals surface area contributed by atoms with Gasteiger partial charge in [-0.15, -0.1) is 0 Å². The molecule has 0 bridgehead atoms. The number of pyridine rings is 1. The van der Waals surface area contributed by atoms with Gasteiger partial charge in [0.1, 0.15) is 5.02 Å². The van der Waals surface area contributed by atoms with Crippen LogP contribution in [0.4, 0.5) is 0 Å². The Morgan fingerprint density at radius 1 is 1.15 bits per heavy atom. The first-order valence-electron chi connectivity index (χ1n) is 7.75. The first-order valence-corrected chi connectivity index (χ1v) is 9.61. The molecule has 3 aromatic rings. The number of aromatic nitrogens is 3. The molecule has 0 aliphatic carbocycles. The Hall–Kier alpha value is -2.42. The minimum absolute atomic E-state index is 0.0942.